The lowest BCUT2D eigenvalue weighted by molar-refractivity contribution is -0.129. The van der Waals surface area contributed by atoms with Gasteiger partial charge in [-0.1, -0.05) is 0 Å². The number of aryl methyl sites for hydroxylation is 2. The van der Waals surface area contributed by atoms with Crippen LogP contribution >= 0.6 is 0 Å². The number of nitrogens with zero attached hydrogens (tertiary/aromatic N) is 2. The maximum Gasteiger partial charge on any atom is 0.230 e. The molecule has 0 bridgehead atoms. The van der Waals surface area contributed by atoms with Crippen LogP contribution in [0.15, 0.2) is 24.4 Å². The van der Waals surface area contributed by atoms with E-state index in [0.717, 1.165) is 35.6 Å². The minimum atomic E-state index is -0.269. The van der Waals surface area contributed by atoms with Gasteiger partial charge < -0.3 is 10.1 Å². The van der Waals surface area contributed by atoms with Gasteiger partial charge in [0.25, 0.3) is 0 Å². The van der Waals surface area contributed by atoms with E-state index < -0.39 is 0 Å². The van der Waals surface area contributed by atoms with Crippen molar-refractivity contribution in [3.05, 3.63) is 41.5 Å². The minimum absolute atomic E-state index is 0.0342. The number of anilines is 1. The van der Waals surface area contributed by atoms with E-state index in [0.29, 0.717) is 6.61 Å². The largest absolute Gasteiger partial charge is 0.371 e. The average Bonchev–Trinajstić information content (AvgIpc) is 3.04. The third-order valence-corrected chi connectivity index (χ3v) is 3.97. The van der Waals surface area contributed by atoms with Gasteiger partial charge in [-0.2, -0.15) is 5.10 Å². The van der Waals surface area contributed by atoms with Crippen LogP contribution in [0.5, 0.6) is 0 Å². The van der Waals surface area contributed by atoms with Gasteiger partial charge in [-0.05, 0) is 44.9 Å². The number of H-pyrrole nitrogens is 1. The Hall–Kier alpha value is -2.21. The van der Waals surface area contributed by atoms with Crippen LogP contribution in [0.3, 0.4) is 0 Å². The molecule has 6 nitrogen and oxygen atoms in total. The molecule has 0 saturated carbocycles. The zero-order valence-electron chi connectivity index (χ0n) is 12.8. The van der Waals surface area contributed by atoms with Gasteiger partial charge in [0.05, 0.1) is 23.0 Å². The van der Waals surface area contributed by atoms with Crippen molar-refractivity contribution in [3.63, 3.8) is 0 Å². The summed E-state index contributed by atoms with van der Waals surface area (Å²) in [7, 11) is 0. The highest BCUT2D eigenvalue weighted by Crippen LogP contribution is 2.33. The van der Waals surface area contributed by atoms with Crippen LogP contribution in [0.4, 0.5) is 5.69 Å². The molecular formula is C16H20N4O2. The van der Waals surface area contributed by atoms with Crippen LogP contribution in [-0.4, -0.2) is 27.7 Å². The lowest BCUT2D eigenvalue weighted by Gasteiger charge is -2.30. The number of rotatable bonds is 3. The second-order valence-corrected chi connectivity index (χ2v) is 5.63. The summed E-state index contributed by atoms with van der Waals surface area (Å²) in [4.78, 5) is 17.0. The van der Waals surface area contributed by atoms with E-state index in [2.05, 4.69) is 20.5 Å². The van der Waals surface area contributed by atoms with Crippen LogP contribution in [0.1, 0.15) is 36.0 Å². The van der Waals surface area contributed by atoms with E-state index in [1.54, 1.807) is 6.20 Å². The molecule has 1 aliphatic heterocycles. The summed E-state index contributed by atoms with van der Waals surface area (Å²) in [5.74, 6) is -0.261. The van der Waals surface area contributed by atoms with Crippen molar-refractivity contribution in [1.29, 1.82) is 0 Å². The summed E-state index contributed by atoms with van der Waals surface area (Å²) >= 11 is 0. The van der Waals surface area contributed by atoms with Crippen molar-refractivity contribution >= 4 is 11.6 Å². The topological polar surface area (TPSA) is 79.9 Å². The molecule has 1 aliphatic rings. The lowest BCUT2D eigenvalue weighted by atomic mass is 9.91. The molecule has 2 aromatic heterocycles. The standard InChI is InChI=1S/C16H20N4O2/c1-10-5-6-13(11(2)18-10)19-16(21)12-4-3-9-22-15(12)14-7-8-17-20-14/h5-8,12,15H,3-4,9H2,1-2H3,(H,17,20)(H,19,21)/t12-,15-/m1/s1. The van der Waals surface area contributed by atoms with Gasteiger partial charge in [-0.15, -0.1) is 0 Å². The summed E-state index contributed by atoms with van der Waals surface area (Å²) in [6.45, 7) is 4.49. The second kappa shape index (κ2) is 6.27. The number of hydrogen-bond acceptors (Lipinski definition) is 4. The molecule has 0 aromatic carbocycles. The van der Waals surface area contributed by atoms with Gasteiger partial charge in [-0.25, -0.2) is 0 Å². The van der Waals surface area contributed by atoms with Crippen molar-refractivity contribution < 1.29 is 9.53 Å². The number of hydrogen-bond donors (Lipinski definition) is 2. The number of carbonyl (C=O) groups excluding carboxylic acids is 1. The fourth-order valence-electron chi connectivity index (χ4n) is 2.83. The Labute approximate surface area is 129 Å². The van der Waals surface area contributed by atoms with E-state index in [-0.39, 0.29) is 17.9 Å². The predicted molar refractivity (Wildman–Crippen MR) is 82.3 cm³/mol. The summed E-state index contributed by atoms with van der Waals surface area (Å²) < 4.78 is 5.80. The number of nitrogens with one attached hydrogen (secondary N) is 2. The Morgan fingerprint density at radius 1 is 1.36 bits per heavy atom. The van der Waals surface area contributed by atoms with Crippen molar-refractivity contribution in [2.24, 2.45) is 5.92 Å². The van der Waals surface area contributed by atoms with Crippen LogP contribution in [0.2, 0.25) is 0 Å². The molecule has 1 fully saturated rings. The van der Waals surface area contributed by atoms with Crippen molar-refractivity contribution in [3.8, 4) is 0 Å². The molecule has 0 unspecified atom stereocenters. The highest BCUT2D eigenvalue weighted by Gasteiger charge is 2.34. The zero-order valence-corrected chi connectivity index (χ0v) is 12.8. The normalized spacial score (nSPS) is 21.5. The molecule has 116 valence electrons. The summed E-state index contributed by atoms with van der Waals surface area (Å²) in [5, 5.41) is 9.84. The molecule has 0 spiro atoms. The fraction of sp³-hybridized carbons (Fsp3) is 0.438. The van der Waals surface area contributed by atoms with Gasteiger partial charge in [0.2, 0.25) is 5.91 Å². The maximum absolute atomic E-state index is 12.7. The summed E-state index contributed by atoms with van der Waals surface area (Å²) in [5.41, 5.74) is 3.36. The Morgan fingerprint density at radius 3 is 2.95 bits per heavy atom. The van der Waals surface area contributed by atoms with E-state index in [9.17, 15) is 4.79 Å². The zero-order chi connectivity index (χ0) is 15.5. The highest BCUT2D eigenvalue weighted by molar-refractivity contribution is 5.93. The SMILES string of the molecule is Cc1ccc(NC(=O)[C@@H]2CCCO[C@H]2c2ccn[nH]2)c(C)n1. The molecule has 6 heteroatoms. The van der Waals surface area contributed by atoms with Crippen LogP contribution in [-0.2, 0) is 9.53 Å². The first-order valence-corrected chi connectivity index (χ1v) is 7.51. The molecule has 1 saturated heterocycles. The summed E-state index contributed by atoms with van der Waals surface area (Å²) in [6, 6.07) is 5.64. The van der Waals surface area contributed by atoms with Crippen molar-refractivity contribution in [2.75, 3.05) is 11.9 Å². The second-order valence-electron chi connectivity index (χ2n) is 5.63. The lowest BCUT2D eigenvalue weighted by Crippen LogP contribution is -2.33. The molecule has 3 rings (SSSR count). The first-order valence-electron chi connectivity index (χ1n) is 7.51. The monoisotopic (exact) mass is 300 g/mol. The number of pyridine rings is 1. The molecule has 0 radical (unpaired) electrons. The quantitative estimate of drug-likeness (QED) is 0.913. The number of carbonyl (C=O) groups is 1. The minimum Gasteiger partial charge on any atom is -0.371 e. The third kappa shape index (κ3) is 3.01. The number of aromatic nitrogens is 3. The van der Waals surface area contributed by atoms with Gasteiger partial charge in [-0.3, -0.25) is 14.9 Å². The van der Waals surface area contributed by atoms with E-state index in [1.165, 1.54) is 0 Å². The Balaban J connectivity index is 1.77. The molecule has 0 aliphatic carbocycles. The van der Waals surface area contributed by atoms with Crippen molar-refractivity contribution in [2.45, 2.75) is 32.8 Å². The molecule has 2 atom stereocenters. The smallest absolute Gasteiger partial charge is 0.230 e. The van der Waals surface area contributed by atoms with Gasteiger partial charge >= 0.3 is 0 Å². The first-order chi connectivity index (χ1) is 10.6. The van der Waals surface area contributed by atoms with Crippen LogP contribution < -0.4 is 5.32 Å². The van der Waals surface area contributed by atoms with E-state index in [4.69, 9.17) is 4.74 Å². The van der Waals surface area contributed by atoms with E-state index in [1.807, 2.05) is 32.0 Å². The van der Waals surface area contributed by atoms with Crippen molar-refractivity contribution in [1.82, 2.24) is 15.2 Å². The number of ether oxygens (including phenoxy) is 1. The Morgan fingerprint density at radius 2 is 2.23 bits per heavy atom. The Bertz CT molecular complexity index is 654. The maximum atomic E-state index is 12.7. The van der Waals surface area contributed by atoms with Crippen LogP contribution in [0, 0.1) is 19.8 Å². The third-order valence-electron chi connectivity index (χ3n) is 3.97. The first kappa shape index (κ1) is 14.7. The fourth-order valence-corrected chi connectivity index (χ4v) is 2.83. The van der Waals surface area contributed by atoms with Gasteiger partial charge in [0.15, 0.2) is 0 Å². The van der Waals surface area contributed by atoms with E-state index >= 15 is 0 Å². The average molecular weight is 300 g/mol. The molecule has 22 heavy (non-hydrogen) atoms. The molecule has 1 amide bonds. The highest BCUT2D eigenvalue weighted by atomic mass is 16.5. The molecular weight excluding hydrogens is 280 g/mol. The Kier molecular flexibility index (Phi) is 4.20. The predicted octanol–water partition coefficient (Wildman–Crippen LogP) is 2.53. The van der Waals surface area contributed by atoms with Gasteiger partial charge in [0.1, 0.15) is 6.10 Å². The molecule has 2 N–H and O–H groups in total. The number of amides is 1. The number of aromatic amines is 1. The molecule has 3 heterocycles. The van der Waals surface area contributed by atoms with Crippen LogP contribution in [0.25, 0.3) is 0 Å². The molecule has 2 aromatic rings. The van der Waals surface area contributed by atoms with Gasteiger partial charge in [0, 0.05) is 18.5 Å². The summed E-state index contributed by atoms with van der Waals surface area (Å²) in [6.07, 6.45) is 3.09.